The van der Waals surface area contributed by atoms with E-state index >= 15 is 0 Å². The molecule has 0 atom stereocenters. The summed E-state index contributed by atoms with van der Waals surface area (Å²) in [6.07, 6.45) is 5.61. The topological polar surface area (TPSA) is 94.3 Å². The van der Waals surface area contributed by atoms with Gasteiger partial charge in [0.25, 0.3) is 5.91 Å². The quantitative estimate of drug-likeness (QED) is 0.848. The van der Waals surface area contributed by atoms with Crippen molar-refractivity contribution < 1.29 is 14.3 Å². The number of aromatic amines is 2. The Bertz CT molecular complexity index is 847. The molecular weight excluding hydrogens is 346 g/mol. The van der Waals surface area contributed by atoms with E-state index in [2.05, 4.69) is 15.0 Å². The number of methoxy groups -OCH3 is 1. The minimum absolute atomic E-state index is 0.0209. The molecule has 0 unspecified atom stereocenters. The van der Waals surface area contributed by atoms with Crippen molar-refractivity contribution in [3.63, 3.8) is 0 Å². The summed E-state index contributed by atoms with van der Waals surface area (Å²) >= 11 is 0. The van der Waals surface area contributed by atoms with E-state index in [9.17, 15) is 9.59 Å². The lowest BCUT2D eigenvalue weighted by atomic mass is 9.78. The van der Waals surface area contributed by atoms with Crippen LogP contribution < -0.4 is 0 Å². The fraction of sp³-hybridized carbons (Fsp3) is 0.526. The number of ether oxygens (including phenoxy) is 1. The fourth-order valence-corrected chi connectivity index (χ4v) is 4.48. The molecule has 2 aliphatic heterocycles. The molecule has 8 nitrogen and oxygen atoms in total. The number of aromatic nitrogens is 3. The van der Waals surface area contributed by atoms with Crippen LogP contribution in [0.2, 0.25) is 0 Å². The van der Waals surface area contributed by atoms with Crippen molar-refractivity contribution in [2.24, 2.45) is 0 Å². The molecule has 1 saturated heterocycles. The van der Waals surface area contributed by atoms with Gasteiger partial charge >= 0.3 is 0 Å². The third kappa shape index (κ3) is 2.84. The smallest absolute Gasteiger partial charge is 0.255 e. The summed E-state index contributed by atoms with van der Waals surface area (Å²) in [6.45, 7) is 3.79. The van der Waals surface area contributed by atoms with Gasteiger partial charge in [0.05, 0.1) is 23.1 Å². The second kappa shape index (κ2) is 6.84. The zero-order valence-corrected chi connectivity index (χ0v) is 15.7. The van der Waals surface area contributed by atoms with Crippen molar-refractivity contribution in [1.82, 2.24) is 24.8 Å². The predicted octanol–water partition coefficient (Wildman–Crippen LogP) is 1.21. The molecule has 0 radical (unpaired) electrons. The Morgan fingerprint density at radius 1 is 1.26 bits per heavy atom. The summed E-state index contributed by atoms with van der Waals surface area (Å²) in [5.74, 6) is 0.0174. The second-order valence-corrected chi connectivity index (χ2v) is 7.30. The average Bonchev–Trinajstić information content (AvgIpc) is 3.31. The first-order valence-corrected chi connectivity index (χ1v) is 9.32. The van der Waals surface area contributed by atoms with Gasteiger partial charge in [-0.25, -0.2) is 4.98 Å². The van der Waals surface area contributed by atoms with E-state index < -0.39 is 5.54 Å². The maximum atomic E-state index is 12.8. The van der Waals surface area contributed by atoms with E-state index in [-0.39, 0.29) is 18.4 Å². The van der Waals surface area contributed by atoms with Gasteiger partial charge in [0.2, 0.25) is 5.91 Å². The first-order chi connectivity index (χ1) is 13.1. The third-order valence-corrected chi connectivity index (χ3v) is 5.89. The lowest BCUT2D eigenvalue weighted by Crippen LogP contribution is -2.59. The van der Waals surface area contributed by atoms with Crippen molar-refractivity contribution >= 4 is 11.8 Å². The Morgan fingerprint density at radius 2 is 2.04 bits per heavy atom. The molecule has 2 N–H and O–H groups in total. The molecule has 0 bridgehead atoms. The summed E-state index contributed by atoms with van der Waals surface area (Å²) < 4.78 is 5.09. The standard InChI is InChI=1S/C19H25N5O3/c1-13-14(3-7-20-13)18(26)23-9-5-19(6-10-23)17-15(21-12-22-17)4-8-24(19)16(25)11-27-2/h3,7,12,20H,4-6,8-11H2,1-2H3,(H,21,22). The van der Waals surface area contributed by atoms with E-state index in [1.807, 2.05) is 22.8 Å². The van der Waals surface area contributed by atoms with Gasteiger partial charge in [-0.15, -0.1) is 0 Å². The Hall–Kier alpha value is -2.61. The van der Waals surface area contributed by atoms with E-state index in [0.717, 1.165) is 23.5 Å². The Balaban J connectivity index is 1.59. The number of piperidine rings is 1. The molecule has 0 aromatic carbocycles. The molecule has 144 valence electrons. The van der Waals surface area contributed by atoms with Gasteiger partial charge in [-0.3, -0.25) is 9.59 Å². The van der Waals surface area contributed by atoms with E-state index in [0.29, 0.717) is 38.0 Å². The molecule has 4 rings (SSSR count). The van der Waals surface area contributed by atoms with Crippen LogP contribution in [0.15, 0.2) is 18.6 Å². The molecule has 0 aliphatic carbocycles. The van der Waals surface area contributed by atoms with E-state index in [4.69, 9.17) is 4.74 Å². The number of hydrogen-bond donors (Lipinski definition) is 2. The van der Waals surface area contributed by atoms with Gasteiger partial charge in [-0.2, -0.15) is 0 Å². The van der Waals surface area contributed by atoms with Crippen LogP contribution >= 0.6 is 0 Å². The number of fused-ring (bicyclic) bond motifs is 2. The molecule has 2 amide bonds. The summed E-state index contributed by atoms with van der Waals surface area (Å²) in [4.78, 5) is 40.2. The maximum Gasteiger partial charge on any atom is 0.255 e. The zero-order chi connectivity index (χ0) is 19.0. The molecule has 8 heteroatoms. The number of hydrogen-bond acceptors (Lipinski definition) is 4. The molecule has 27 heavy (non-hydrogen) atoms. The maximum absolute atomic E-state index is 12.8. The summed E-state index contributed by atoms with van der Waals surface area (Å²) in [5.41, 5.74) is 3.17. The number of H-pyrrole nitrogens is 2. The van der Waals surface area contributed by atoms with Crippen LogP contribution in [-0.4, -0.2) is 69.9 Å². The fourth-order valence-electron chi connectivity index (χ4n) is 4.48. The third-order valence-electron chi connectivity index (χ3n) is 5.89. The Kier molecular flexibility index (Phi) is 4.51. The number of nitrogens with zero attached hydrogens (tertiary/aromatic N) is 3. The van der Waals surface area contributed by atoms with Gasteiger partial charge in [0.15, 0.2) is 0 Å². The average molecular weight is 371 g/mol. The molecule has 2 aromatic rings. The molecule has 1 fully saturated rings. The number of aryl methyl sites for hydroxylation is 1. The number of rotatable bonds is 3. The zero-order valence-electron chi connectivity index (χ0n) is 15.7. The molecular formula is C19H25N5O3. The van der Waals surface area contributed by atoms with Crippen LogP contribution in [0.5, 0.6) is 0 Å². The van der Waals surface area contributed by atoms with E-state index in [1.165, 1.54) is 7.11 Å². The second-order valence-electron chi connectivity index (χ2n) is 7.30. The lowest BCUT2D eigenvalue weighted by Gasteiger charge is -2.50. The highest BCUT2D eigenvalue weighted by Crippen LogP contribution is 2.42. The summed E-state index contributed by atoms with van der Waals surface area (Å²) in [5, 5.41) is 0. The van der Waals surface area contributed by atoms with Crippen molar-refractivity contribution in [2.45, 2.75) is 31.7 Å². The van der Waals surface area contributed by atoms with Gasteiger partial charge in [-0.05, 0) is 25.8 Å². The highest BCUT2D eigenvalue weighted by Gasteiger charge is 2.49. The number of imidazole rings is 1. The molecule has 1 spiro atoms. The Labute approximate surface area is 157 Å². The van der Waals surface area contributed by atoms with E-state index in [1.54, 1.807) is 12.5 Å². The highest BCUT2D eigenvalue weighted by molar-refractivity contribution is 5.95. The van der Waals surface area contributed by atoms with Gasteiger partial charge in [0.1, 0.15) is 6.61 Å². The van der Waals surface area contributed by atoms with Crippen molar-refractivity contribution in [2.75, 3.05) is 33.4 Å². The van der Waals surface area contributed by atoms with Crippen LogP contribution in [0, 0.1) is 6.92 Å². The largest absolute Gasteiger partial charge is 0.375 e. The van der Waals surface area contributed by atoms with Gasteiger partial charge in [0, 0.05) is 50.7 Å². The summed E-state index contributed by atoms with van der Waals surface area (Å²) in [7, 11) is 1.54. The number of likely N-dealkylation sites (tertiary alicyclic amines) is 1. The number of carbonyl (C=O) groups excluding carboxylic acids is 2. The molecule has 2 aromatic heterocycles. The van der Waals surface area contributed by atoms with Crippen LogP contribution in [0.4, 0.5) is 0 Å². The highest BCUT2D eigenvalue weighted by atomic mass is 16.5. The first-order valence-electron chi connectivity index (χ1n) is 9.32. The van der Waals surface area contributed by atoms with Gasteiger partial charge in [-0.1, -0.05) is 0 Å². The lowest BCUT2D eigenvalue weighted by molar-refractivity contribution is -0.145. The van der Waals surface area contributed by atoms with Gasteiger partial charge < -0.3 is 24.5 Å². The SMILES string of the molecule is COCC(=O)N1CCc2[nH]cnc2C12CCN(C(=O)c1cc[nH]c1C)CC2. The summed E-state index contributed by atoms with van der Waals surface area (Å²) in [6, 6.07) is 1.82. The Morgan fingerprint density at radius 3 is 2.70 bits per heavy atom. The van der Waals surface area contributed by atoms with Crippen molar-refractivity contribution in [3.8, 4) is 0 Å². The minimum atomic E-state index is -0.465. The van der Waals surface area contributed by atoms with Crippen LogP contribution in [0.3, 0.4) is 0 Å². The van der Waals surface area contributed by atoms with Crippen molar-refractivity contribution in [3.05, 3.63) is 41.2 Å². The number of carbonyl (C=O) groups is 2. The predicted molar refractivity (Wildman–Crippen MR) is 98.2 cm³/mol. The van der Waals surface area contributed by atoms with Crippen LogP contribution in [-0.2, 0) is 21.5 Å². The molecule has 2 aliphatic rings. The normalized spacial score (nSPS) is 18.6. The van der Waals surface area contributed by atoms with Crippen molar-refractivity contribution in [1.29, 1.82) is 0 Å². The minimum Gasteiger partial charge on any atom is -0.375 e. The van der Waals surface area contributed by atoms with Crippen LogP contribution in [0.1, 0.15) is 40.3 Å². The number of nitrogens with one attached hydrogen (secondary N) is 2. The molecule has 4 heterocycles. The number of amides is 2. The first kappa shape index (κ1) is 17.8. The van der Waals surface area contributed by atoms with Crippen LogP contribution in [0.25, 0.3) is 0 Å². The monoisotopic (exact) mass is 371 g/mol. The molecule has 0 saturated carbocycles.